The van der Waals surface area contributed by atoms with Gasteiger partial charge in [-0.2, -0.15) is 4.89 Å². The molecule has 0 heterocycles. The van der Waals surface area contributed by atoms with Crippen molar-refractivity contribution in [2.45, 2.75) is 20.0 Å². The van der Waals surface area contributed by atoms with E-state index < -0.39 is 5.97 Å². The van der Waals surface area contributed by atoms with Crippen LogP contribution in [0.25, 0.3) is 0 Å². The van der Waals surface area contributed by atoms with Gasteiger partial charge in [0, 0.05) is 33.5 Å². The third-order valence-electron chi connectivity index (χ3n) is 0.731. The minimum absolute atomic E-state index is 0. The summed E-state index contributed by atoms with van der Waals surface area (Å²) in [5.74, 6) is -0.456. The molecular weight excluding hydrogens is 201 g/mol. The van der Waals surface area contributed by atoms with E-state index in [1.54, 1.807) is 14.0 Å². The maximum atomic E-state index is 10.2. The van der Waals surface area contributed by atoms with E-state index in [1.807, 2.05) is 0 Å². The Morgan fingerprint density at radius 2 is 2.09 bits per heavy atom. The van der Waals surface area contributed by atoms with Crippen LogP contribution in [0.1, 0.15) is 13.8 Å². The van der Waals surface area contributed by atoms with Gasteiger partial charge in [0.2, 0.25) is 0 Å². The van der Waals surface area contributed by atoms with Gasteiger partial charge in [-0.1, -0.05) is 0 Å². The third kappa shape index (κ3) is 10.0. The molecule has 5 heteroatoms. The normalized spacial score (nSPS) is 11.5. The first-order chi connectivity index (χ1) is 4.66. The Balaban J connectivity index is 0. The zero-order valence-electron chi connectivity index (χ0n) is 7.12. The van der Waals surface area contributed by atoms with Crippen LogP contribution in [0.4, 0.5) is 0 Å². The topological polar surface area (TPSA) is 44.8 Å². The second-order valence-electron chi connectivity index (χ2n) is 1.94. The van der Waals surface area contributed by atoms with Crippen molar-refractivity contribution >= 4 is 5.97 Å². The van der Waals surface area contributed by atoms with Crippen molar-refractivity contribution in [1.82, 2.24) is 0 Å². The molecule has 62 valence electrons. The Labute approximate surface area is 78.9 Å². The van der Waals surface area contributed by atoms with Gasteiger partial charge in [-0.05, 0) is 6.92 Å². The minimum Gasteiger partial charge on any atom is -0.382 e. The van der Waals surface area contributed by atoms with Gasteiger partial charge >= 0.3 is 5.97 Å². The number of ether oxygens (including phenoxy) is 1. The summed E-state index contributed by atoms with van der Waals surface area (Å²) in [4.78, 5) is 19.0. The molecule has 0 fully saturated rings. The summed E-state index contributed by atoms with van der Waals surface area (Å²) < 4.78 is 4.72. The smallest absolute Gasteiger partial charge is 0.339 e. The van der Waals surface area contributed by atoms with E-state index in [4.69, 9.17) is 4.74 Å². The average Bonchev–Trinajstić information content (AvgIpc) is 1.85. The maximum absolute atomic E-state index is 10.2. The van der Waals surface area contributed by atoms with Crippen molar-refractivity contribution < 1.29 is 38.8 Å². The van der Waals surface area contributed by atoms with Gasteiger partial charge in [-0.25, -0.2) is 4.79 Å². The first-order valence-corrected chi connectivity index (χ1v) is 2.99. The summed E-state index contributed by atoms with van der Waals surface area (Å²) in [6.07, 6.45) is -0.214. The molecule has 0 aliphatic rings. The summed E-state index contributed by atoms with van der Waals surface area (Å²) in [6.45, 7) is 3.43. The molecule has 0 spiro atoms. The Morgan fingerprint density at radius 1 is 1.55 bits per heavy atom. The molecule has 1 unspecified atom stereocenters. The van der Waals surface area contributed by atoms with Crippen LogP contribution in [0, 0.1) is 0 Å². The summed E-state index contributed by atoms with van der Waals surface area (Å²) >= 11 is 0. The van der Waals surface area contributed by atoms with Crippen LogP contribution >= 0.6 is 0 Å². The quantitative estimate of drug-likeness (QED) is 0.388. The minimum atomic E-state index is -0.456. The number of carbonyl (C=O) groups excluding carboxylic acids is 1. The fraction of sp³-hybridized carbons (Fsp3) is 0.833. The van der Waals surface area contributed by atoms with Crippen molar-refractivity contribution in [2.24, 2.45) is 0 Å². The molecule has 0 N–H and O–H groups in total. The van der Waals surface area contributed by atoms with Gasteiger partial charge in [0.25, 0.3) is 0 Å². The second kappa shape index (κ2) is 8.11. The number of carbonyl (C=O) groups is 1. The number of rotatable bonds is 4. The van der Waals surface area contributed by atoms with Crippen LogP contribution in [-0.2, 0) is 38.8 Å². The molecule has 0 saturated carbocycles. The Hall–Kier alpha value is 0.0134. The SMILES string of the molecule is COCC(C)OOC(C)=O.[Zn]. The molecular formula is C6H12O4Zn. The van der Waals surface area contributed by atoms with Crippen LogP contribution in [0.5, 0.6) is 0 Å². The number of hydrogen-bond donors (Lipinski definition) is 0. The van der Waals surface area contributed by atoms with Crippen LogP contribution < -0.4 is 0 Å². The van der Waals surface area contributed by atoms with Gasteiger partial charge in [-0.15, -0.1) is 0 Å². The summed E-state index contributed by atoms with van der Waals surface area (Å²) in [5.41, 5.74) is 0. The molecule has 0 rings (SSSR count). The van der Waals surface area contributed by atoms with Gasteiger partial charge in [0.1, 0.15) is 6.10 Å². The van der Waals surface area contributed by atoms with Crippen LogP contribution in [0.3, 0.4) is 0 Å². The van der Waals surface area contributed by atoms with Gasteiger partial charge in [0.05, 0.1) is 6.61 Å². The molecule has 0 aromatic rings. The second-order valence-corrected chi connectivity index (χ2v) is 1.94. The van der Waals surface area contributed by atoms with Gasteiger partial charge in [-0.3, -0.25) is 4.89 Å². The predicted molar refractivity (Wildman–Crippen MR) is 34.2 cm³/mol. The molecule has 4 nitrogen and oxygen atoms in total. The van der Waals surface area contributed by atoms with Crippen molar-refractivity contribution in [3.8, 4) is 0 Å². The maximum Gasteiger partial charge on any atom is 0.339 e. The molecule has 0 amide bonds. The molecule has 0 saturated heterocycles. The largest absolute Gasteiger partial charge is 0.382 e. The molecule has 0 aliphatic carbocycles. The molecule has 0 aliphatic heterocycles. The van der Waals surface area contributed by atoms with Gasteiger partial charge < -0.3 is 4.74 Å². The van der Waals surface area contributed by atoms with Crippen LogP contribution in [-0.4, -0.2) is 25.8 Å². The van der Waals surface area contributed by atoms with E-state index in [9.17, 15) is 4.79 Å². The molecule has 11 heavy (non-hydrogen) atoms. The van der Waals surface area contributed by atoms with E-state index >= 15 is 0 Å². The van der Waals surface area contributed by atoms with E-state index in [-0.39, 0.29) is 25.6 Å². The fourth-order valence-electron chi connectivity index (χ4n) is 0.412. The fourth-order valence-corrected chi connectivity index (χ4v) is 0.412. The average molecular weight is 214 g/mol. The van der Waals surface area contributed by atoms with E-state index in [0.29, 0.717) is 6.61 Å². The Kier molecular flexibility index (Phi) is 10.0. The molecule has 0 aromatic carbocycles. The van der Waals surface area contributed by atoms with Crippen molar-refractivity contribution in [1.29, 1.82) is 0 Å². The first-order valence-electron chi connectivity index (χ1n) is 2.99. The number of hydrogen-bond acceptors (Lipinski definition) is 4. The molecule has 1 atom stereocenters. The van der Waals surface area contributed by atoms with Gasteiger partial charge in [0.15, 0.2) is 0 Å². The van der Waals surface area contributed by atoms with E-state index in [0.717, 1.165) is 0 Å². The molecule has 0 bridgehead atoms. The zero-order valence-corrected chi connectivity index (χ0v) is 10.1. The van der Waals surface area contributed by atoms with Crippen LogP contribution in [0.15, 0.2) is 0 Å². The summed E-state index contributed by atoms with van der Waals surface area (Å²) in [7, 11) is 1.55. The Bertz CT molecular complexity index is 107. The van der Waals surface area contributed by atoms with Crippen molar-refractivity contribution in [3.63, 3.8) is 0 Å². The monoisotopic (exact) mass is 212 g/mol. The van der Waals surface area contributed by atoms with E-state index in [2.05, 4.69) is 9.78 Å². The summed E-state index contributed by atoms with van der Waals surface area (Å²) in [6, 6.07) is 0. The van der Waals surface area contributed by atoms with Crippen molar-refractivity contribution in [2.75, 3.05) is 13.7 Å². The van der Waals surface area contributed by atoms with E-state index in [1.165, 1.54) is 6.92 Å². The number of methoxy groups -OCH3 is 1. The Morgan fingerprint density at radius 3 is 2.45 bits per heavy atom. The summed E-state index contributed by atoms with van der Waals surface area (Å²) in [5, 5.41) is 0. The predicted octanol–water partition coefficient (Wildman–Crippen LogP) is 0.514. The first kappa shape index (κ1) is 13.6. The van der Waals surface area contributed by atoms with Crippen LogP contribution in [0.2, 0.25) is 0 Å². The zero-order chi connectivity index (χ0) is 7.98. The van der Waals surface area contributed by atoms with Crippen molar-refractivity contribution in [3.05, 3.63) is 0 Å². The molecule has 0 radical (unpaired) electrons. The third-order valence-corrected chi connectivity index (χ3v) is 0.731. The molecule has 0 aromatic heterocycles. The standard InChI is InChI=1S/C6H12O4.Zn/c1-5(4-8-3)9-10-6(2)7;/h5H,4H2,1-3H3;.